The Bertz CT molecular complexity index is 1770. The average Bonchev–Trinajstić information content (AvgIpc) is 3.01. The minimum absolute atomic E-state index is 0.0230. The first kappa shape index (κ1) is 34.0. The smallest absolute Gasteiger partial charge is 0.322 e. The third-order valence-electron chi connectivity index (χ3n) is 7.29. The summed E-state index contributed by atoms with van der Waals surface area (Å²) < 4.78 is 29.1. The van der Waals surface area contributed by atoms with Crippen LogP contribution in [0.1, 0.15) is 62.0 Å². The average molecular weight is 667 g/mol. The first-order valence-corrected chi connectivity index (χ1v) is 16.9. The highest BCUT2D eigenvalue weighted by Crippen LogP contribution is 2.30. The van der Waals surface area contributed by atoms with Crippen molar-refractivity contribution >= 4 is 50.9 Å². The zero-order valence-corrected chi connectivity index (χ0v) is 28.1. The second-order valence-electron chi connectivity index (χ2n) is 11.7. The molecule has 0 bridgehead atoms. The molecule has 2 N–H and O–H groups in total. The van der Waals surface area contributed by atoms with Gasteiger partial charge in [0.25, 0.3) is 15.9 Å². The number of rotatable bonds is 10. The first-order chi connectivity index (χ1) is 21.3. The summed E-state index contributed by atoms with van der Waals surface area (Å²) >= 11 is 12.4. The molecule has 4 rings (SSSR count). The summed E-state index contributed by atoms with van der Waals surface area (Å²) in [5.41, 5.74) is 3.65. The quantitative estimate of drug-likeness (QED) is 0.166. The fraction of sp³-hybridized carbons (Fsp3) is 0.257. The molecule has 45 heavy (non-hydrogen) atoms. The molecule has 10 heteroatoms. The van der Waals surface area contributed by atoms with Crippen LogP contribution in [0.4, 0.5) is 10.5 Å². The standard InChI is InChI=1S/C35H37Cl2N3O4S/c1-5-6-21-38-34(42)40(28-19-20-30(36)31(37)22-28)23-24-11-13-25(14-12-24)29-9-7-8-10-32(29)45(43,44)39-33(41)26-15-17-27(18-16-26)35(2,3)4/h7-20,22H,5-6,21,23H2,1-4H3,(H,38,42)(H,39,41). The Morgan fingerprint density at radius 3 is 2.13 bits per heavy atom. The van der Waals surface area contributed by atoms with Gasteiger partial charge >= 0.3 is 6.03 Å². The third kappa shape index (κ3) is 8.66. The summed E-state index contributed by atoms with van der Waals surface area (Å²) in [6, 6.07) is 25.4. The highest BCUT2D eigenvalue weighted by atomic mass is 35.5. The van der Waals surface area contributed by atoms with Gasteiger partial charge in [0.15, 0.2) is 0 Å². The number of benzene rings is 4. The van der Waals surface area contributed by atoms with E-state index < -0.39 is 15.9 Å². The monoisotopic (exact) mass is 665 g/mol. The Labute approximate surface area is 275 Å². The van der Waals surface area contributed by atoms with Gasteiger partial charge in [-0.2, -0.15) is 0 Å². The summed E-state index contributed by atoms with van der Waals surface area (Å²) in [7, 11) is -4.20. The van der Waals surface area contributed by atoms with Crippen LogP contribution in [-0.2, 0) is 22.0 Å². The summed E-state index contributed by atoms with van der Waals surface area (Å²) in [5.74, 6) is -0.708. The lowest BCUT2D eigenvalue weighted by molar-refractivity contribution is 0.0981. The molecule has 4 aromatic carbocycles. The van der Waals surface area contributed by atoms with Crippen LogP contribution >= 0.6 is 23.2 Å². The molecular weight excluding hydrogens is 629 g/mol. The van der Waals surface area contributed by atoms with Gasteiger partial charge in [-0.3, -0.25) is 9.69 Å². The normalized spacial score (nSPS) is 11.6. The number of anilines is 1. The van der Waals surface area contributed by atoms with E-state index >= 15 is 0 Å². The van der Waals surface area contributed by atoms with E-state index in [-0.39, 0.29) is 28.4 Å². The van der Waals surface area contributed by atoms with Crippen molar-refractivity contribution in [1.29, 1.82) is 0 Å². The molecule has 0 aliphatic rings. The molecule has 7 nitrogen and oxygen atoms in total. The van der Waals surface area contributed by atoms with Gasteiger partial charge in [-0.15, -0.1) is 0 Å². The summed E-state index contributed by atoms with van der Waals surface area (Å²) in [6.07, 6.45) is 1.79. The topological polar surface area (TPSA) is 95.6 Å². The predicted molar refractivity (Wildman–Crippen MR) is 183 cm³/mol. The number of hydrogen-bond donors (Lipinski definition) is 2. The number of unbranched alkanes of at least 4 members (excludes halogenated alkanes) is 1. The molecule has 0 fully saturated rings. The number of urea groups is 1. The van der Waals surface area contributed by atoms with Gasteiger partial charge in [0.1, 0.15) is 0 Å². The molecule has 0 saturated heterocycles. The maximum atomic E-state index is 13.4. The van der Waals surface area contributed by atoms with Crippen LogP contribution < -0.4 is 14.9 Å². The predicted octanol–water partition coefficient (Wildman–Crippen LogP) is 8.59. The van der Waals surface area contributed by atoms with Crippen LogP contribution in [0.25, 0.3) is 11.1 Å². The number of sulfonamides is 1. The Morgan fingerprint density at radius 1 is 0.844 bits per heavy atom. The Morgan fingerprint density at radius 2 is 1.51 bits per heavy atom. The van der Waals surface area contributed by atoms with Gasteiger partial charge in [0.2, 0.25) is 0 Å². The van der Waals surface area contributed by atoms with Crippen LogP contribution in [0.2, 0.25) is 10.0 Å². The van der Waals surface area contributed by atoms with Gasteiger partial charge in [0, 0.05) is 23.4 Å². The lowest BCUT2D eigenvalue weighted by Crippen LogP contribution is -2.40. The first-order valence-electron chi connectivity index (χ1n) is 14.7. The largest absolute Gasteiger partial charge is 0.338 e. The number of hydrogen-bond acceptors (Lipinski definition) is 4. The molecule has 4 aromatic rings. The Balaban J connectivity index is 1.57. The van der Waals surface area contributed by atoms with Crippen LogP contribution in [0, 0.1) is 0 Å². The molecule has 0 aliphatic heterocycles. The number of nitrogens with one attached hydrogen (secondary N) is 2. The minimum atomic E-state index is -4.20. The van der Waals surface area contributed by atoms with E-state index in [4.69, 9.17) is 23.2 Å². The maximum Gasteiger partial charge on any atom is 0.322 e. The lowest BCUT2D eigenvalue weighted by atomic mass is 9.87. The van der Waals surface area contributed by atoms with Crippen molar-refractivity contribution < 1.29 is 18.0 Å². The van der Waals surface area contributed by atoms with E-state index in [9.17, 15) is 18.0 Å². The minimum Gasteiger partial charge on any atom is -0.338 e. The van der Waals surface area contributed by atoms with Gasteiger partial charge < -0.3 is 5.32 Å². The van der Waals surface area contributed by atoms with Crippen LogP contribution in [0.15, 0.2) is 95.9 Å². The second-order valence-corrected chi connectivity index (χ2v) is 14.2. The van der Waals surface area contributed by atoms with Crippen molar-refractivity contribution in [2.75, 3.05) is 11.4 Å². The zero-order chi connectivity index (χ0) is 32.8. The molecule has 0 aromatic heterocycles. The molecule has 0 saturated carbocycles. The van der Waals surface area contributed by atoms with Crippen molar-refractivity contribution in [3.8, 4) is 11.1 Å². The van der Waals surface area contributed by atoms with Crippen LogP contribution in [0.3, 0.4) is 0 Å². The number of amides is 3. The van der Waals surface area contributed by atoms with E-state index in [2.05, 4.69) is 30.8 Å². The molecule has 0 spiro atoms. The molecule has 0 radical (unpaired) electrons. The fourth-order valence-corrected chi connectivity index (χ4v) is 6.17. The van der Waals surface area contributed by atoms with E-state index in [1.807, 2.05) is 31.2 Å². The number of nitrogens with zero attached hydrogens (tertiary/aromatic N) is 1. The third-order valence-corrected chi connectivity index (χ3v) is 9.42. The SMILES string of the molecule is CCCCNC(=O)N(Cc1ccc(-c2ccccc2S(=O)(=O)NC(=O)c2ccc(C(C)(C)C)cc2)cc1)c1ccc(Cl)c(Cl)c1. The number of carbonyl (C=O) groups is 2. The van der Waals surface area contributed by atoms with E-state index in [0.29, 0.717) is 33.4 Å². The van der Waals surface area contributed by atoms with E-state index in [0.717, 1.165) is 24.0 Å². The molecule has 236 valence electrons. The van der Waals surface area contributed by atoms with E-state index in [1.54, 1.807) is 65.6 Å². The summed E-state index contributed by atoms with van der Waals surface area (Å²) in [6.45, 7) is 9.01. The Hall–Kier alpha value is -3.85. The lowest BCUT2D eigenvalue weighted by Gasteiger charge is -2.24. The van der Waals surface area contributed by atoms with Crippen LogP contribution in [-0.4, -0.2) is 26.9 Å². The molecule has 0 atom stereocenters. The van der Waals surface area contributed by atoms with Gasteiger partial charge in [-0.25, -0.2) is 17.9 Å². The summed E-state index contributed by atoms with van der Waals surface area (Å²) in [5, 5.41) is 3.67. The van der Waals surface area contributed by atoms with Crippen LogP contribution in [0.5, 0.6) is 0 Å². The second kappa shape index (κ2) is 14.5. The van der Waals surface area contributed by atoms with Crippen molar-refractivity contribution in [3.05, 3.63) is 118 Å². The zero-order valence-electron chi connectivity index (χ0n) is 25.7. The van der Waals surface area contributed by atoms with Gasteiger partial charge in [-0.05, 0) is 64.9 Å². The van der Waals surface area contributed by atoms with Crippen molar-refractivity contribution in [3.63, 3.8) is 0 Å². The highest BCUT2D eigenvalue weighted by molar-refractivity contribution is 7.90. The molecule has 0 aliphatic carbocycles. The van der Waals surface area contributed by atoms with Crippen molar-refractivity contribution in [2.45, 2.75) is 57.4 Å². The van der Waals surface area contributed by atoms with Crippen molar-refractivity contribution in [1.82, 2.24) is 10.0 Å². The van der Waals surface area contributed by atoms with Gasteiger partial charge in [-0.1, -0.05) is 112 Å². The summed E-state index contributed by atoms with van der Waals surface area (Å²) in [4.78, 5) is 27.6. The fourth-order valence-electron chi connectivity index (χ4n) is 4.67. The highest BCUT2D eigenvalue weighted by Gasteiger charge is 2.24. The Kier molecular flexibility index (Phi) is 11.0. The molecule has 0 heterocycles. The van der Waals surface area contributed by atoms with Gasteiger partial charge in [0.05, 0.1) is 21.5 Å². The number of halogens is 2. The molecular formula is C35H37Cl2N3O4S. The maximum absolute atomic E-state index is 13.4. The number of carbonyl (C=O) groups excluding carboxylic acids is 2. The van der Waals surface area contributed by atoms with Crippen molar-refractivity contribution in [2.24, 2.45) is 0 Å². The molecule has 0 unspecified atom stereocenters. The van der Waals surface area contributed by atoms with E-state index in [1.165, 1.54) is 6.07 Å². The molecule has 3 amide bonds.